The predicted octanol–water partition coefficient (Wildman–Crippen LogP) is 3.30. The third-order valence-electron chi connectivity index (χ3n) is 2.99. The highest BCUT2D eigenvalue weighted by molar-refractivity contribution is 9.09. The van der Waals surface area contributed by atoms with E-state index in [-0.39, 0.29) is 18.1 Å². The quantitative estimate of drug-likeness (QED) is 0.769. The summed E-state index contributed by atoms with van der Waals surface area (Å²) in [5.41, 5.74) is 0.448. The van der Waals surface area contributed by atoms with Gasteiger partial charge in [0, 0.05) is 11.9 Å². The molecule has 0 spiro atoms. The fourth-order valence-corrected chi connectivity index (χ4v) is 2.39. The Bertz CT molecular complexity index is 384. The van der Waals surface area contributed by atoms with E-state index < -0.39 is 0 Å². The Labute approximate surface area is 116 Å². The van der Waals surface area contributed by atoms with Crippen molar-refractivity contribution in [3.8, 4) is 0 Å². The minimum atomic E-state index is -0.319. The van der Waals surface area contributed by atoms with Crippen molar-refractivity contribution in [3.63, 3.8) is 0 Å². The van der Waals surface area contributed by atoms with Crippen molar-refractivity contribution in [2.45, 2.75) is 26.2 Å². The summed E-state index contributed by atoms with van der Waals surface area (Å²) in [7, 11) is 0. The molecule has 18 heavy (non-hydrogen) atoms. The Hall–Kier alpha value is -0.900. The summed E-state index contributed by atoms with van der Waals surface area (Å²) in [5.74, 6) is 0.0437. The first-order valence-electron chi connectivity index (χ1n) is 6.23. The van der Waals surface area contributed by atoms with Crippen molar-refractivity contribution in [3.05, 3.63) is 35.6 Å². The van der Waals surface area contributed by atoms with Gasteiger partial charge in [-0.1, -0.05) is 47.5 Å². The van der Waals surface area contributed by atoms with E-state index in [0.29, 0.717) is 18.0 Å². The molecule has 1 rings (SSSR count). The molecule has 1 atom stereocenters. The van der Waals surface area contributed by atoms with Crippen LogP contribution in [0.15, 0.2) is 24.3 Å². The molecule has 1 unspecified atom stereocenters. The number of hydrogen-bond donors (Lipinski definition) is 1. The zero-order chi connectivity index (χ0) is 13.4. The fourth-order valence-electron chi connectivity index (χ4n) is 1.74. The normalized spacial score (nSPS) is 12.2. The van der Waals surface area contributed by atoms with Gasteiger partial charge in [0.2, 0.25) is 5.91 Å². The maximum Gasteiger partial charge on any atom is 0.224 e. The van der Waals surface area contributed by atoms with Gasteiger partial charge in [-0.25, -0.2) is 4.39 Å². The van der Waals surface area contributed by atoms with Crippen LogP contribution in [-0.2, 0) is 11.2 Å². The number of carbonyl (C=O) groups is 1. The average molecular weight is 316 g/mol. The molecule has 2 nitrogen and oxygen atoms in total. The molecule has 0 aliphatic rings. The highest BCUT2D eigenvalue weighted by Gasteiger charge is 2.10. The average Bonchev–Trinajstić information content (AvgIpc) is 2.37. The largest absolute Gasteiger partial charge is 0.356 e. The summed E-state index contributed by atoms with van der Waals surface area (Å²) >= 11 is 3.40. The lowest BCUT2D eigenvalue weighted by Crippen LogP contribution is -2.30. The predicted molar refractivity (Wildman–Crippen MR) is 75.3 cm³/mol. The molecule has 0 bridgehead atoms. The van der Waals surface area contributed by atoms with Crippen molar-refractivity contribution in [1.29, 1.82) is 0 Å². The van der Waals surface area contributed by atoms with Crippen LogP contribution >= 0.6 is 15.9 Å². The Balaban J connectivity index is 2.40. The van der Waals surface area contributed by atoms with Crippen molar-refractivity contribution < 1.29 is 9.18 Å². The number of carbonyl (C=O) groups excluding carboxylic acids is 1. The second-order valence-electron chi connectivity index (χ2n) is 4.32. The molecule has 1 amide bonds. The highest BCUT2D eigenvalue weighted by atomic mass is 79.9. The van der Waals surface area contributed by atoms with Crippen LogP contribution in [0.2, 0.25) is 0 Å². The van der Waals surface area contributed by atoms with E-state index in [1.165, 1.54) is 6.07 Å². The first-order chi connectivity index (χ1) is 8.67. The molecule has 4 heteroatoms. The smallest absolute Gasteiger partial charge is 0.224 e. The van der Waals surface area contributed by atoms with Crippen LogP contribution in [0.1, 0.15) is 25.3 Å². The van der Waals surface area contributed by atoms with Gasteiger partial charge in [0.05, 0.1) is 6.42 Å². The molecule has 1 aromatic rings. The zero-order valence-corrected chi connectivity index (χ0v) is 12.2. The van der Waals surface area contributed by atoms with Crippen LogP contribution in [0, 0.1) is 11.7 Å². The lowest BCUT2D eigenvalue weighted by atomic mass is 10.0. The molecule has 1 N–H and O–H groups in total. The van der Waals surface area contributed by atoms with Crippen molar-refractivity contribution in [1.82, 2.24) is 5.32 Å². The monoisotopic (exact) mass is 315 g/mol. The molecule has 0 saturated carbocycles. The molecule has 0 aliphatic carbocycles. The van der Waals surface area contributed by atoms with E-state index in [0.717, 1.165) is 18.2 Å². The molecular formula is C14H19BrFNO. The summed E-state index contributed by atoms with van der Waals surface area (Å²) in [6, 6.07) is 6.39. The van der Waals surface area contributed by atoms with Crippen LogP contribution in [0.4, 0.5) is 4.39 Å². The summed E-state index contributed by atoms with van der Waals surface area (Å²) < 4.78 is 13.3. The third kappa shape index (κ3) is 5.17. The zero-order valence-electron chi connectivity index (χ0n) is 10.6. The van der Waals surface area contributed by atoms with E-state index in [1.807, 2.05) is 0 Å². The molecule has 0 heterocycles. The van der Waals surface area contributed by atoms with Crippen LogP contribution in [0.5, 0.6) is 0 Å². The van der Waals surface area contributed by atoms with Crippen LogP contribution in [-0.4, -0.2) is 17.8 Å². The highest BCUT2D eigenvalue weighted by Crippen LogP contribution is 2.09. The SMILES string of the molecule is CCC(CCBr)CNC(=O)Cc1ccccc1F. The molecular weight excluding hydrogens is 297 g/mol. The van der Waals surface area contributed by atoms with Crippen molar-refractivity contribution in [2.75, 3.05) is 11.9 Å². The van der Waals surface area contributed by atoms with Gasteiger partial charge >= 0.3 is 0 Å². The molecule has 0 fully saturated rings. The summed E-state index contributed by atoms with van der Waals surface area (Å²) in [6.07, 6.45) is 2.18. The van der Waals surface area contributed by atoms with Gasteiger partial charge in [0.25, 0.3) is 0 Å². The molecule has 0 aliphatic heterocycles. The van der Waals surface area contributed by atoms with Gasteiger partial charge in [0.1, 0.15) is 5.82 Å². The van der Waals surface area contributed by atoms with Crippen LogP contribution in [0.3, 0.4) is 0 Å². The molecule has 0 radical (unpaired) electrons. The van der Waals surface area contributed by atoms with Gasteiger partial charge in [-0.15, -0.1) is 0 Å². The number of halogens is 2. The van der Waals surface area contributed by atoms with Gasteiger partial charge in [0.15, 0.2) is 0 Å². The third-order valence-corrected chi connectivity index (χ3v) is 3.45. The van der Waals surface area contributed by atoms with Gasteiger partial charge in [-0.2, -0.15) is 0 Å². The first kappa shape index (κ1) is 15.2. The summed E-state index contributed by atoms with van der Waals surface area (Å²) in [4.78, 5) is 11.7. The number of hydrogen-bond acceptors (Lipinski definition) is 1. The van der Waals surface area contributed by atoms with E-state index in [9.17, 15) is 9.18 Å². The fraction of sp³-hybridized carbons (Fsp3) is 0.500. The summed E-state index contributed by atoms with van der Waals surface area (Å²) in [5, 5.41) is 3.81. The summed E-state index contributed by atoms with van der Waals surface area (Å²) in [6.45, 7) is 2.77. The lowest BCUT2D eigenvalue weighted by Gasteiger charge is -2.14. The Morgan fingerprint density at radius 3 is 2.78 bits per heavy atom. The van der Waals surface area contributed by atoms with E-state index >= 15 is 0 Å². The van der Waals surface area contributed by atoms with E-state index in [4.69, 9.17) is 0 Å². The van der Waals surface area contributed by atoms with Crippen LogP contribution in [0.25, 0.3) is 0 Å². The second-order valence-corrected chi connectivity index (χ2v) is 5.12. The Kier molecular flexibility index (Phi) is 6.94. The minimum absolute atomic E-state index is 0.109. The second kappa shape index (κ2) is 8.25. The molecule has 0 saturated heterocycles. The molecule has 100 valence electrons. The number of benzene rings is 1. The lowest BCUT2D eigenvalue weighted by molar-refractivity contribution is -0.120. The standard InChI is InChI=1S/C14H19BrFNO/c1-2-11(7-8-15)10-17-14(18)9-12-5-3-4-6-13(12)16/h3-6,11H,2,7-10H2,1H3,(H,17,18). The Morgan fingerprint density at radius 2 is 2.17 bits per heavy atom. The topological polar surface area (TPSA) is 29.1 Å². The number of rotatable bonds is 7. The minimum Gasteiger partial charge on any atom is -0.356 e. The van der Waals surface area contributed by atoms with Gasteiger partial charge in [-0.3, -0.25) is 4.79 Å². The van der Waals surface area contributed by atoms with Crippen molar-refractivity contribution in [2.24, 2.45) is 5.92 Å². The van der Waals surface area contributed by atoms with E-state index in [1.54, 1.807) is 18.2 Å². The van der Waals surface area contributed by atoms with Crippen molar-refractivity contribution >= 4 is 21.8 Å². The number of amides is 1. The maximum atomic E-state index is 13.3. The van der Waals surface area contributed by atoms with E-state index in [2.05, 4.69) is 28.2 Å². The van der Waals surface area contributed by atoms with Crippen LogP contribution < -0.4 is 5.32 Å². The first-order valence-corrected chi connectivity index (χ1v) is 7.35. The molecule has 1 aromatic carbocycles. The maximum absolute atomic E-state index is 13.3. The van der Waals surface area contributed by atoms with Gasteiger partial charge < -0.3 is 5.32 Å². The number of nitrogens with one attached hydrogen (secondary N) is 1. The van der Waals surface area contributed by atoms with Gasteiger partial charge in [-0.05, 0) is 24.0 Å². The number of alkyl halides is 1. The molecule has 0 aromatic heterocycles. The Morgan fingerprint density at radius 1 is 1.44 bits per heavy atom.